The number of H-pyrrole nitrogens is 1. The number of carbonyl (C=O) groups is 1. The largest absolute Gasteiger partial charge is 0.386 e. The first-order valence-corrected chi connectivity index (χ1v) is 8.62. The molecule has 7 heteroatoms. The Morgan fingerprint density at radius 3 is 2.83 bits per heavy atom. The van der Waals surface area contributed by atoms with Crippen LogP contribution in [-0.4, -0.2) is 75.0 Å². The molecule has 2 saturated heterocycles. The number of aromatic amines is 1. The third-order valence-electron chi connectivity index (χ3n) is 5.64. The van der Waals surface area contributed by atoms with Crippen molar-refractivity contribution in [2.75, 3.05) is 26.7 Å². The number of piperidine rings is 1. The number of likely N-dealkylation sites (tertiary alicyclic amines) is 1. The van der Waals surface area contributed by atoms with E-state index in [1.54, 1.807) is 32.0 Å². The molecule has 3 rings (SSSR count). The van der Waals surface area contributed by atoms with E-state index < -0.39 is 5.60 Å². The van der Waals surface area contributed by atoms with E-state index in [-0.39, 0.29) is 24.2 Å². The zero-order valence-corrected chi connectivity index (χ0v) is 14.8. The molecule has 2 aliphatic heterocycles. The lowest BCUT2D eigenvalue weighted by atomic mass is 9.77. The van der Waals surface area contributed by atoms with Gasteiger partial charge >= 0.3 is 0 Å². The Morgan fingerprint density at radius 1 is 1.54 bits per heavy atom. The monoisotopic (exact) mass is 336 g/mol. The zero-order valence-electron chi connectivity index (χ0n) is 14.8. The summed E-state index contributed by atoms with van der Waals surface area (Å²) in [5.74, 6) is -0.0194. The van der Waals surface area contributed by atoms with Gasteiger partial charge in [0.25, 0.3) is 0 Å². The number of rotatable bonds is 3. The summed E-state index contributed by atoms with van der Waals surface area (Å²) in [5, 5.41) is 17.6. The lowest BCUT2D eigenvalue weighted by molar-refractivity contribution is -0.209. The van der Waals surface area contributed by atoms with E-state index in [1.165, 1.54) is 0 Å². The first-order valence-electron chi connectivity index (χ1n) is 8.62. The lowest BCUT2D eigenvalue weighted by Gasteiger charge is -2.52. The Bertz CT molecular complexity index is 564. The molecule has 0 unspecified atom stereocenters. The van der Waals surface area contributed by atoms with Gasteiger partial charge < -0.3 is 14.7 Å². The van der Waals surface area contributed by atoms with Crippen molar-refractivity contribution in [1.29, 1.82) is 0 Å². The fourth-order valence-corrected chi connectivity index (χ4v) is 3.88. The highest BCUT2D eigenvalue weighted by molar-refractivity contribution is 5.73. The summed E-state index contributed by atoms with van der Waals surface area (Å²) in [5.41, 5.74) is -0.118. The van der Waals surface area contributed by atoms with Crippen LogP contribution in [0.3, 0.4) is 0 Å². The summed E-state index contributed by atoms with van der Waals surface area (Å²) in [6, 6.07) is 1.79. The third-order valence-corrected chi connectivity index (χ3v) is 5.64. The van der Waals surface area contributed by atoms with E-state index in [0.717, 1.165) is 38.2 Å². The van der Waals surface area contributed by atoms with Crippen LogP contribution in [0.5, 0.6) is 0 Å². The van der Waals surface area contributed by atoms with Crippen molar-refractivity contribution in [1.82, 2.24) is 20.0 Å². The molecular formula is C17H28N4O3. The second kappa shape index (κ2) is 6.46. The SMILES string of the molecule is CC(=O)N(C)[C@H]1CC2(CCN(Cc3ccn[nH]3)CC2)OC[C@]1(C)O. The van der Waals surface area contributed by atoms with Crippen LogP contribution in [-0.2, 0) is 16.1 Å². The summed E-state index contributed by atoms with van der Waals surface area (Å²) >= 11 is 0. The molecule has 0 aliphatic carbocycles. The highest BCUT2D eigenvalue weighted by Crippen LogP contribution is 2.40. The molecule has 2 atom stereocenters. The van der Waals surface area contributed by atoms with Crippen molar-refractivity contribution in [3.63, 3.8) is 0 Å². The van der Waals surface area contributed by atoms with Gasteiger partial charge in [0, 0.05) is 45.5 Å². The van der Waals surface area contributed by atoms with Crippen LogP contribution in [0.2, 0.25) is 0 Å². The quantitative estimate of drug-likeness (QED) is 0.852. The van der Waals surface area contributed by atoms with Gasteiger partial charge in [-0.2, -0.15) is 5.10 Å². The summed E-state index contributed by atoms with van der Waals surface area (Å²) in [6.45, 7) is 6.33. The highest BCUT2D eigenvalue weighted by Gasteiger charge is 2.50. The highest BCUT2D eigenvalue weighted by atomic mass is 16.5. The standard InChI is InChI=1S/C17H28N4O3/c1-13(22)20(3)15-10-17(24-12-16(15,2)23)5-8-21(9-6-17)11-14-4-7-18-19-14/h4,7,15,23H,5-6,8-12H2,1-3H3,(H,18,19)/t15-,16-/m0/s1. The Balaban J connectivity index is 1.63. The van der Waals surface area contributed by atoms with Crippen LogP contribution >= 0.6 is 0 Å². The van der Waals surface area contributed by atoms with Gasteiger partial charge in [0.05, 0.1) is 18.2 Å². The second-order valence-corrected chi connectivity index (χ2v) is 7.54. The van der Waals surface area contributed by atoms with Gasteiger partial charge in [-0.15, -0.1) is 0 Å². The van der Waals surface area contributed by atoms with Gasteiger partial charge in [-0.25, -0.2) is 0 Å². The van der Waals surface area contributed by atoms with Crippen molar-refractivity contribution in [2.45, 2.75) is 56.9 Å². The summed E-state index contributed by atoms with van der Waals surface area (Å²) in [4.78, 5) is 15.8. The van der Waals surface area contributed by atoms with E-state index >= 15 is 0 Å². The minimum atomic E-state index is -1.00. The smallest absolute Gasteiger partial charge is 0.219 e. The predicted octanol–water partition coefficient (Wildman–Crippen LogP) is 0.762. The number of hydrogen-bond acceptors (Lipinski definition) is 5. The predicted molar refractivity (Wildman–Crippen MR) is 89.3 cm³/mol. The Morgan fingerprint density at radius 2 is 2.25 bits per heavy atom. The summed E-state index contributed by atoms with van der Waals surface area (Å²) in [6.07, 6.45) is 4.29. The molecule has 2 N–H and O–H groups in total. The molecule has 7 nitrogen and oxygen atoms in total. The van der Waals surface area contributed by atoms with Crippen LogP contribution in [0.15, 0.2) is 12.3 Å². The molecule has 3 heterocycles. The summed E-state index contributed by atoms with van der Waals surface area (Å²) < 4.78 is 6.13. The maximum atomic E-state index is 11.8. The second-order valence-electron chi connectivity index (χ2n) is 7.54. The Hall–Kier alpha value is -1.44. The number of nitrogens with zero attached hydrogens (tertiary/aromatic N) is 3. The molecule has 1 amide bonds. The van der Waals surface area contributed by atoms with Crippen molar-refractivity contribution >= 4 is 5.91 Å². The van der Waals surface area contributed by atoms with Crippen LogP contribution in [0, 0.1) is 0 Å². The maximum Gasteiger partial charge on any atom is 0.219 e. The number of aromatic nitrogens is 2. The van der Waals surface area contributed by atoms with Crippen LogP contribution < -0.4 is 0 Å². The molecule has 1 aromatic heterocycles. The molecule has 0 saturated carbocycles. The molecular weight excluding hydrogens is 308 g/mol. The number of carbonyl (C=O) groups excluding carboxylic acids is 1. The summed E-state index contributed by atoms with van der Waals surface area (Å²) in [7, 11) is 1.77. The normalized spacial score (nSPS) is 30.4. The first-order chi connectivity index (χ1) is 11.3. The maximum absolute atomic E-state index is 11.8. The minimum absolute atomic E-state index is 0.0194. The first kappa shape index (κ1) is 17.4. The van der Waals surface area contributed by atoms with E-state index in [4.69, 9.17) is 4.74 Å². The van der Waals surface area contributed by atoms with Gasteiger partial charge in [-0.3, -0.25) is 14.8 Å². The lowest BCUT2D eigenvalue weighted by Crippen LogP contribution is -2.63. The molecule has 134 valence electrons. The average Bonchev–Trinajstić information content (AvgIpc) is 3.04. The number of nitrogens with one attached hydrogen (secondary N) is 1. The van der Waals surface area contributed by atoms with Gasteiger partial charge in [0.15, 0.2) is 0 Å². The van der Waals surface area contributed by atoms with Gasteiger partial charge in [-0.05, 0) is 32.3 Å². The van der Waals surface area contributed by atoms with E-state index in [0.29, 0.717) is 6.42 Å². The topological polar surface area (TPSA) is 81.7 Å². The average molecular weight is 336 g/mol. The molecule has 0 radical (unpaired) electrons. The van der Waals surface area contributed by atoms with Crippen LogP contribution in [0.25, 0.3) is 0 Å². The number of likely N-dealkylation sites (N-methyl/N-ethyl adjacent to an activating group) is 1. The molecule has 1 spiro atoms. The molecule has 0 aromatic carbocycles. The molecule has 2 fully saturated rings. The van der Waals surface area contributed by atoms with Crippen molar-refractivity contribution in [2.24, 2.45) is 0 Å². The van der Waals surface area contributed by atoms with Gasteiger partial charge in [0.1, 0.15) is 5.60 Å². The Kier molecular flexibility index (Phi) is 4.68. The van der Waals surface area contributed by atoms with Gasteiger partial charge in [-0.1, -0.05) is 0 Å². The van der Waals surface area contributed by atoms with Crippen molar-refractivity contribution in [3.8, 4) is 0 Å². The minimum Gasteiger partial charge on any atom is -0.386 e. The van der Waals surface area contributed by atoms with E-state index in [9.17, 15) is 9.90 Å². The van der Waals surface area contributed by atoms with E-state index in [1.807, 2.05) is 6.07 Å². The molecule has 2 aliphatic rings. The fraction of sp³-hybridized carbons (Fsp3) is 0.765. The molecule has 1 aromatic rings. The van der Waals surface area contributed by atoms with Crippen LogP contribution in [0.4, 0.5) is 0 Å². The van der Waals surface area contributed by atoms with Gasteiger partial charge in [0.2, 0.25) is 5.91 Å². The number of amides is 1. The number of aliphatic hydroxyl groups is 1. The van der Waals surface area contributed by atoms with Crippen molar-refractivity contribution in [3.05, 3.63) is 18.0 Å². The third kappa shape index (κ3) is 3.48. The zero-order chi connectivity index (χ0) is 17.4. The number of hydrogen-bond donors (Lipinski definition) is 2. The van der Waals surface area contributed by atoms with Crippen molar-refractivity contribution < 1.29 is 14.6 Å². The van der Waals surface area contributed by atoms with E-state index in [2.05, 4.69) is 15.1 Å². The molecule has 0 bridgehead atoms. The fourth-order valence-electron chi connectivity index (χ4n) is 3.88. The Labute approximate surface area is 143 Å². The molecule has 24 heavy (non-hydrogen) atoms. The number of ether oxygens (including phenoxy) is 1. The van der Waals surface area contributed by atoms with Crippen LogP contribution in [0.1, 0.15) is 38.8 Å².